The van der Waals surface area contributed by atoms with Gasteiger partial charge in [0.1, 0.15) is 11.6 Å². The molecule has 0 heterocycles. The van der Waals surface area contributed by atoms with Crippen molar-refractivity contribution in [2.24, 2.45) is 0 Å². The van der Waals surface area contributed by atoms with Crippen LogP contribution in [-0.4, -0.2) is 5.11 Å². The highest BCUT2D eigenvalue weighted by Gasteiger charge is 2.11. The van der Waals surface area contributed by atoms with Crippen LogP contribution in [0.3, 0.4) is 0 Å². The van der Waals surface area contributed by atoms with E-state index in [0.717, 1.165) is 12.1 Å². The Kier molecular flexibility index (Phi) is 3.61. The predicted octanol–water partition coefficient (Wildman–Crippen LogP) is 2.41. The van der Waals surface area contributed by atoms with Crippen LogP contribution in [0.15, 0.2) is 18.2 Å². The van der Waals surface area contributed by atoms with Gasteiger partial charge in [0, 0.05) is 18.1 Å². The molecule has 74 valence electrons. The van der Waals surface area contributed by atoms with Gasteiger partial charge < -0.3 is 5.11 Å². The van der Waals surface area contributed by atoms with Crippen molar-refractivity contribution < 1.29 is 13.9 Å². The summed E-state index contributed by atoms with van der Waals surface area (Å²) in [6.07, 6.45) is -0.845. The van der Waals surface area contributed by atoms with Crippen molar-refractivity contribution in [2.45, 2.75) is 19.4 Å². The molecule has 0 saturated carbocycles. The monoisotopic (exact) mass is 196 g/mol. The number of halogens is 2. The Morgan fingerprint density at radius 2 is 2.14 bits per heavy atom. The smallest absolute Gasteiger partial charge is 0.131 e. The summed E-state index contributed by atoms with van der Waals surface area (Å²) in [6, 6.07) is 3.09. The normalized spacial score (nSPS) is 11.7. The minimum absolute atomic E-state index is 0.0779. The molecule has 0 radical (unpaired) electrons. The lowest BCUT2D eigenvalue weighted by molar-refractivity contribution is 0.179. The van der Waals surface area contributed by atoms with Crippen LogP contribution in [0.25, 0.3) is 0 Å². The first-order valence-electron chi connectivity index (χ1n) is 4.17. The van der Waals surface area contributed by atoms with Gasteiger partial charge in [-0.15, -0.1) is 11.8 Å². The zero-order valence-corrected chi connectivity index (χ0v) is 7.72. The molecule has 0 aliphatic heterocycles. The van der Waals surface area contributed by atoms with Gasteiger partial charge in [0.05, 0.1) is 6.10 Å². The summed E-state index contributed by atoms with van der Waals surface area (Å²) in [5.41, 5.74) is 0.0779. The van der Waals surface area contributed by atoms with Gasteiger partial charge in [-0.25, -0.2) is 8.78 Å². The fraction of sp³-hybridized carbons (Fsp3) is 0.273. The highest BCUT2D eigenvalue weighted by Crippen LogP contribution is 2.20. The van der Waals surface area contributed by atoms with Gasteiger partial charge in [0.25, 0.3) is 0 Å². The third kappa shape index (κ3) is 2.54. The van der Waals surface area contributed by atoms with Crippen molar-refractivity contribution in [3.8, 4) is 11.8 Å². The van der Waals surface area contributed by atoms with Crippen LogP contribution in [0.4, 0.5) is 8.78 Å². The number of benzene rings is 1. The van der Waals surface area contributed by atoms with Gasteiger partial charge in [0.15, 0.2) is 0 Å². The molecule has 0 aromatic heterocycles. The standard InChI is InChI=1S/C11H10F2O/c1-2-3-4-11(14)9-6-5-8(12)7-10(9)13/h5-7,11,14H,4H2,1H3. The summed E-state index contributed by atoms with van der Waals surface area (Å²) < 4.78 is 25.6. The zero-order valence-electron chi connectivity index (χ0n) is 7.72. The van der Waals surface area contributed by atoms with Crippen LogP contribution < -0.4 is 0 Å². The average molecular weight is 196 g/mol. The molecule has 1 atom stereocenters. The number of aliphatic hydroxyl groups is 1. The molecule has 3 heteroatoms. The number of hydrogen-bond acceptors (Lipinski definition) is 1. The van der Waals surface area contributed by atoms with E-state index < -0.39 is 17.7 Å². The Bertz CT molecular complexity index is 377. The summed E-state index contributed by atoms with van der Waals surface area (Å²) in [5, 5.41) is 9.46. The summed E-state index contributed by atoms with van der Waals surface area (Å²) in [6.45, 7) is 1.63. The van der Waals surface area contributed by atoms with E-state index in [1.165, 1.54) is 6.07 Å². The Labute approximate surface area is 81.4 Å². The molecule has 0 saturated heterocycles. The number of hydrogen-bond donors (Lipinski definition) is 1. The highest BCUT2D eigenvalue weighted by atomic mass is 19.1. The lowest BCUT2D eigenvalue weighted by Crippen LogP contribution is -2.00. The third-order valence-corrected chi connectivity index (χ3v) is 1.79. The van der Waals surface area contributed by atoms with Crippen LogP contribution in [0.5, 0.6) is 0 Å². The molecule has 14 heavy (non-hydrogen) atoms. The van der Waals surface area contributed by atoms with Crippen molar-refractivity contribution in [3.63, 3.8) is 0 Å². The summed E-state index contributed by atoms with van der Waals surface area (Å²) >= 11 is 0. The van der Waals surface area contributed by atoms with Gasteiger partial charge in [-0.3, -0.25) is 0 Å². The van der Waals surface area contributed by atoms with E-state index in [1.807, 2.05) is 0 Å². The zero-order chi connectivity index (χ0) is 10.6. The van der Waals surface area contributed by atoms with E-state index in [-0.39, 0.29) is 12.0 Å². The molecule has 0 aliphatic rings. The average Bonchev–Trinajstić information content (AvgIpc) is 2.14. The molecule has 0 spiro atoms. The molecule has 1 aromatic carbocycles. The maximum absolute atomic E-state index is 13.1. The lowest BCUT2D eigenvalue weighted by Gasteiger charge is -2.08. The minimum atomic E-state index is -0.997. The van der Waals surface area contributed by atoms with E-state index in [0.29, 0.717) is 0 Å². The van der Waals surface area contributed by atoms with Gasteiger partial charge in [-0.2, -0.15) is 0 Å². The second kappa shape index (κ2) is 4.73. The molecule has 0 bridgehead atoms. The molecule has 0 aliphatic carbocycles. The van der Waals surface area contributed by atoms with E-state index in [1.54, 1.807) is 6.92 Å². The van der Waals surface area contributed by atoms with E-state index in [4.69, 9.17) is 0 Å². The van der Waals surface area contributed by atoms with Gasteiger partial charge in [-0.05, 0) is 13.0 Å². The Morgan fingerprint density at radius 3 is 2.71 bits per heavy atom. The fourth-order valence-electron chi connectivity index (χ4n) is 1.08. The van der Waals surface area contributed by atoms with Crippen LogP contribution in [0.1, 0.15) is 25.0 Å². The van der Waals surface area contributed by atoms with E-state index in [9.17, 15) is 13.9 Å². The first-order valence-corrected chi connectivity index (χ1v) is 4.17. The molecule has 1 N–H and O–H groups in total. The lowest BCUT2D eigenvalue weighted by atomic mass is 10.1. The first kappa shape index (κ1) is 10.7. The summed E-state index contributed by atoms with van der Waals surface area (Å²) in [7, 11) is 0. The molecule has 0 fully saturated rings. The quantitative estimate of drug-likeness (QED) is 0.720. The van der Waals surface area contributed by atoms with E-state index in [2.05, 4.69) is 11.8 Å². The second-order valence-corrected chi connectivity index (χ2v) is 2.81. The number of rotatable bonds is 2. The summed E-state index contributed by atoms with van der Waals surface area (Å²) in [5.74, 6) is 3.83. The van der Waals surface area contributed by atoms with Crippen LogP contribution in [0.2, 0.25) is 0 Å². The predicted molar refractivity (Wildman–Crippen MR) is 49.4 cm³/mol. The molecule has 1 aromatic rings. The van der Waals surface area contributed by atoms with Crippen LogP contribution in [-0.2, 0) is 0 Å². The summed E-state index contributed by atoms with van der Waals surface area (Å²) in [4.78, 5) is 0. The molecule has 1 unspecified atom stereocenters. The first-order chi connectivity index (χ1) is 6.65. The van der Waals surface area contributed by atoms with Crippen LogP contribution in [0, 0.1) is 23.5 Å². The van der Waals surface area contributed by atoms with Crippen molar-refractivity contribution in [2.75, 3.05) is 0 Å². The fourth-order valence-corrected chi connectivity index (χ4v) is 1.08. The topological polar surface area (TPSA) is 20.2 Å². The minimum Gasteiger partial charge on any atom is -0.387 e. The molecule has 1 nitrogen and oxygen atoms in total. The van der Waals surface area contributed by atoms with Crippen molar-refractivity contribution in [3.05, 3.63) is 35.4 Å². The highest BCUT2D eigenvalue weighted by molar-refractivity contribution is 5.22. The van der Waals surface area contributed by atoms with Gasteiger partial charge in [-0.1, -0.05) is 6.07 Å². The maximum Gasteiger partial charge on any atom is 0.131 e. The molecular formula is C11H10F2O. The largest absolute Gasteiger partial charge is 0.387 e. The molecule has 0 amide bonds. The Morgan fingerprint density at radius 1 is 1.43 bits per heavy atom. The Hall–Kier alpha value is -1.40. The second-order valence-electron chi connectivity index (χ2n) is 2.81. The van der Waals surface area contributed by atoms with Crippen molar-refractivity contribution in [1.29, 1.82) is 0 Å². The van der Waals surface area contributed by atoms with Crippen LogP contribution >= 0.6 is 0 Å². The molecule has 1 rings (SSSR count). The molecular weight excluding hydrogens is 186 g/mol. The third-order valence-electron chi connectivity index (χ3n) is 1.79. The van der Waals surface area contributed by atoms with E-state index >= 15 is 0 Å². The number of aliphatic hydroxyl groups excluding tert-OH is 1. The SMILES string of the molecule is CC#CCC(O)c1ccc(F)cc1F. The Balaban J connectivity index is 2.88. The van der Waals surface area contributed by atoms with Gasteiger partial charge in [0.2, 0.25) is 0 Å². The van der Waals surface area contributed by atoms with Crippen molar-refractivity contribution in [1.82, 2.24) is 0 Å². The maximum atomic E-state index is 13.1. The van der Waals surface area contributed by atoms with Crippen molar-refractivity contribution >= 4 is 0 Å². The van der Waals surface area contributed by atoms with Gasteiger partial charge >= 0.3 is 0 Å².